The minimum Gasteiger partial charge on any atom is -0.467 e. The molecule has 7 nitrogen and oxygen atoms in total. The molecule has 1 amide bonds. The molecular weight excluding hydrogens is 387 g/mol. The number of aromatic nitrogens is 3. The first kappa shape index (κ1) is 19.4. The zero-order valence-electron chi connectivity index (χ0n) is 16.0. The Hall–Kier alpha value is -2.91. The Labute approximate surface area is 165 Å². The van der Waals surface area contributed by atoms with Crippen molar-refractivity contribution in [1.82, 2.24) is 19.9 Å². The van der Waals surface area contributed by atoms with Crippen molar-refractivity contribution >= 4 is 11.6 Å². The molecule has 2 aliphatic rings. The van der Waals surface area contributed by atoms with Crippen molar-refractivity contribution in [3.8, 4) is 6.01 Å². The summed E-state index contributed by atoms with van der Waals surface area (Å²) < 4.78 is 43.5. The number of carbonyl (C=O) groups excluding carboxylic acids is 1. The Morgan fingerprint density at radius 2 is 2.03 bits per heavy atom. The molecule has 0 atom stereocenters. The molecule has 0 saturated carbocycles. The van der Waals surface area contributed by atoms with E-state index >= 15 is 0 Å². The average Bonchev–Trinajstić information content (AvgIpc) is 3.08. The van der Waals surface area contributed by atoms with E-state index in [0.717, 1.165) is 29.2 Å². The van der Waals surface area contributed by atoms with Crippen LogP contribution in [0, 0.1) is 12.8 Å². The number of ether oxygens (including phenoxy) is 1. The second kappa shape index (κ2) is 7.16. The van der Waals surface area contributed by atoms with Gasteiger partial charge < -0.3 is 14.5 Å². The fourth-order valence-corrected chi connectivity index (χ4v) is 3.72. The molecule has 0 bridgehead atoms. The van der Waals surface area contributed by atoms with Gasteiger partial charge in [-0.2, -0.15) is 18.2 Å². The summed E-state index contributed by atoms with van der Waals surface area (Å²) in [6.07, 6.45) is -2.95. The Morgan fingerprint density at radius 3 is 2.72 bits per heavy atom. The zero-order valence-corrected chi connectivity index (χ0v) is 16.0. The number of amides is 1. The first-order valence-corrected chi connectivity index (χ1v) is 9.21. The predicted octanol–water partition coefficient (Wildman–Crippen LogP) is 2.58. The molecule has 0 aliphatic carbocycles. The molecule has 10 heteroatoms. The van der Waals surface area contributed by atoms with Crippen molar-refractivity contribution in [3.05, 3.63) is 41.0 Å². The molecule has 0 radical (unpaired) electrons. The summed E-state index contributed by atoms with van der Waals surface area (Å²) in [6, 6.07) is 2.89. The fourth-order valence-electron chi connectivity index (χ4n) is 3.72. The van der Waals surface area contributed by atoms with Gasteiger partial charge in [-0.25, -0.2) is 4.98 Å². The van der Waals surface area contributed by atoms with Crippen LogP contribution in [-0.2, 0) is 24.1 Å². The number of hydrogen-bond acceptors (Lipinski definition) is 6. The van der Waals surface area contributed by atoms with Crippen molar-refractivity contribution in [2.45, 2.75) is 32.6 Å². The van der Waals surface area contributed by atoms with E-state index in [9.17, 15) is 18.0 Å². The van der Waals surface area contributed by atoms with Gasteiger partial charge in [0.05, 0.1) is 19.3 Å². The highest BCUT2D eigenvalue weighted by atomic mass is 19.4. The summed E-state index contributed by atoms with van der Waals surface area (Å²) in [5.41, 5.74) is 2.12. The number of alkyl halides is 3. The van der Waals surface area contributed by atoms with Crippen molar-refractivity contribution in [2.24, 2.45) is 5.92 Å². The molecule has 4 heterocycles. The molecule has 154 valence electrons. The van der Waals surface area contributed by atoms with Gasteiger partial charge >= 0.3 is 12.2 Å². The van der Waals surface area contributed by atoms with Crippen LogP contribution >= 0.6 is 0 Å². The summed E-state index contributed by atoms with van der Waals surface area (Å²) in [4.78, 5) is 28.2. The number of fused-ring (bicyclic) bond motifs is 1. The molecule has 4 rings (SSSR count). The second-order valence-corrected chi connectivity index (χ2v) is 7.34. The molecule has 1 saturated heterocycles. The van der Waals surface area contributed by atoms with Gasteiger partial charge in [-0.05, 0) is 19.1 Å². The lowest BCUT2D eigenvalue weighted by atomic mass is 9.95. The van der Waals surface area contributed by atoms with Crippen LogP contribution in [0.2, 0.25) is 0 Å². The molecule has 0 N–H and O–H groups in total. The minimum atomic E-state index is -4.47. The van der Waals surface area contributed by atoms with E-state index in [2.05, 4.69) is 15.0 Å². The Kier molecular flexibility index (Phi) is 4.79. The van der Waals surface area contributed by atoms with Crippen LogP contribution in [0.4, 0.5) is 18.9 Å². The lowest BCUT2D eigenvalue weighted by Gasteiger charge is -2.41. The summed E-state index contributed by atoms with van der Waals surface area (Å²) in [5, 5.41) is 0. The van der Waals surface area contributed by atoms with Crippen LogP contribution in [0.25, 0.3) is 0 Å². The van der Waals surface area contributed by atoms with Gasteiger partial charge in [0.1, 0.15) is 5.69 Å². The van der Waals surface area contributed by atoms with Gasteiger partial charge in [0.2, 0.25) is 5.91 Å². The van der Waals surface area contributed by atoms with Crippen molar-refractivity contribution in [3.63, 3.8) is 0 Å². The van der Waals surface area contributed by atoms with Crippen LogP contribution in [0.15, 0.2) is 18.3 Å². The lowest BCUT2D eigenvalue weighted by molar-refractivity contribution is -0.141. The molecule has 0 spiro atoms. The summed E-state index contributed by atoms with van der Waals surface area (Å²) in [7, 11) is 1.50. The fraction of sp³-hybridized carbons (Fsp3) is 0.474. The van der Waals surface area contributed by atoms with Gasteiger partial charge in [-0.1, -0.05) is 0 Å². The number of pyridine rings is 1. The third-order valence-corrected chi connectivity index (χ3v) is 5.32. The maximum absolute atomic E-state index is 12.8. The van der Waals surface area contributed by atoms with Gasteiger partial charge in [-0.3, -0.25) is 9.78 Å². The number of nitrogens with zero attached hydrogens (tertiary/aromatic N) is 5. The number of anilines is 1. The maximum Gasteiger partial charge on any atom is 0.433 e. The zero-order chi connectivity index (χ0) is 20.8. The normalized spacial score (nSPS) is 16.6. The molecule has 29 heavy (non-hydrogen) atoms. The number of halogens is 3. The number of aryl methyl sites for hydroxylation is 1. The van der Waals surface area contributed by atoms with Gasteiger partial charge in [0, 0.05) is 55.1 Å². The Bertz CT molecular complexity index is 944. The first-order chi connectivity index (χ1) is 13.7. The largest absolute Gasteiger partial charge is 0.467 e. The first-order valence-electron chi connectivity index (χ1n) is 9.21. The summed E-state index contributed by atoms with van der Waals surface area (Å²) in [6.45, 7) is 3.84. The van der Waals surface area contributed by atoms with Crippen molar-refractivity contribution < 1.29 is 22.7 Å². The molecular formula is C19H20F3N5O2. The Balaban J connectivity index is 1.33. The molecule has 2 aromatic rings. The second-order valence-electron chi connectivity index (χ2n) is 7.34. The van der Waals surface area contributed by atoms with E-state index in [-0.39, 0.29) is 11.8 Å². The van der Waals surface area contributed by atoms with Crippen LogP contribution in [-0.4, -0.2) is 46.0 Å². The van der Waals surface area contributed by atoms with Crippen molar-refractivity contribution in [1.29, 1.82) is 0 Å². The van der Waals surface area contributed by atoms with E-state index in [1.165, 1.54) is 7.11 Å². The quantitative estimate of drug-likeness (QED) is 0.776. The van der Waals surface area contributed by atoms with E-state index in [1.807, 2.05) is 11.8 Å². The number of rotatable bonds is 4. The maximum atomic E-state index is 12.8. The molecule has 0 aromatic carbocycles. The number of methoxy groups -OCH3 is 1. The van der Waals surface area contributed by atoms with Gasteiger partial charge in [-0.15, -0.1) is 0 Å². The highest BCUT2D eigenvalue weighted by Crippen LogP contribution is 2.33. The van der Waals surface area contributed by atoms with Crippen LogP contribution in [0.5, 0.6) is 6.01 Å². The average molecular weight is 407 g/mol. The van der Waals surface area contributed by atoms with E-state index in [4.69, 9.17) is 4.74 Å². The molecule has 2 aromatic heterocycles. The SMILES string of the molecule is COc1nc(C)c2c(n1)CN(C(=O)CC1CN(c3ccnc(C(F)(F)F)c3)C1)C2. The number of carbonyl (C=O) groups is 1. The highest BCUT2D eigenvalue weighted by Gasteiger charge is 2.36. The van der Waals surface area contributed by atoms with Crippen LogP contribution in [0.1, 0.15) is 29.1 Å². The topological polar surface area (TPSA) is 71.5 Å². The highest BCUT2D eigenvalue weighted by molar-refractivity contribution is 5.77. The third-order valence-electron chi connectivity index (χ3n) is 5.32. The molecule has 2 aliphatic heterocycles. The lowest BCUT2D eigenvalue weighted by Crippen LogP contribution is -2.48. The summed E-state index contributed by atoms with van der Waals surface area (Å²) >= 11 is 0. The Morgan fingerprint density at radius 1 is 1.28 bits per heavy atom. The standard InChI is InChI=1S/C19H20F3N5O2/c1-11-14-9-27(10-15(14)25-18(24-11)29-2)17(28)5-12-7-26(8-12)13-3-4-23-16(6-13)19(20,21)22/h3-4,6,12H,5,7-10H2,1-2H3. The monoisotopic (exact) mass is 407 g/mol. The van der Waals surface area contributed by atoms with E-state index < -0.39 is 11.9 Å². The van der Waals surface area contributed by atoms with E-state index in [1.54, 1.807) is 11.0 Å². The van der Waals surface area contributed by atoms with Gasteiger partial charge in [0.15, 0.2) is 0 Å². The molecule has 0 unspecified atom stereocenters. The van der Waals surface area contributed by atoms with Crippen LogP contribution < -0.4 is 9.64 Å². The number of hydrogen-bond donors (Lipinski definition) is 0. The van der Waals surface area contributed by atoms with Crippen LogP contribution in [0.3, 0.4) is 0 Å². The van der Waals surface area contributed by atoms with Gasteiger partial charge in [0.25, 0.3) is 0 Å². The molecule has 1 fully saturated rings. The predicted molar refractivity (Wildman–Crippen MR) is 97.1 cm³/mol. The van der Waals surface area contributed by atoms with E-state index in [0.29, 0.717) is 44.3 Å². The smallest absolute Gasteiger partial charge is 0.433 e. The third kappa shape index (κ3) is 3.83. The van der Waals surface area contributed by atoms with Crippen molar-refractivity contribution in [2.75, 3.05) is 25.1 Å². The minimum absolute atomic E-state index is 0.0109. The summed E-state index contributed by atoms with van der Waals surface area (Å²) in [5.74, 6) is 0.118.